The van der Waals surface area contributed by atoms with Crippen molar-refractivity contribution in [2.24, 2.45) is 0 Å². The number of carbonyl (C=O) groups is 3. The molecular formula is C37H38N3O4P. The number of hydrogen-bond donors (Lipinski definition) is 1. The molecule has 0 aliphatic rings. The van der Waals surface area contributed by atoms with Crippen molar-refractivity contribution in [3.05, 3.63) is 138 Å². The van der Waals surface area contributed by atoms with Gasteiger partial charge >= 0.3 is 6.09 Å². The molecular weight excluding hydrogens is 581 g/mol. The lowest BCUT2D eigenvalue weighted by Gasteiger charge is -2.31. The Balaban J connectivity index is 1.86. The Morgan fingerprint density at radius 3 is 1.60 bits per heavy atom. The van der Waals surface area contributed by atoms with Gasteiger partial charge in [0.25, 0.3) is 0 Å². The highest BCUT2D eigenvalue weighted by Gasteiger charge is 2.35. The minimum Gasteiger partial charge on any atom is -0.444 e. The maximum atomic E-state index is 14.5. The maximum Gasteiger partial charge on any atom is 0.408 e. The molecule has 0 bridgehead atoms. The molecule has 0 aliphatic carbocycles. The van der Waals surface area contributed by atoms with Crippen LogP contribution in [0.1, 0.15) is 33.3 Å². The van der Waals surface area contributed by atoms with E-state index in [4.69, 9.17) is 11.3 Å². The predicted octanol–water partition coefficient (Wildman–Crippen LogP) is 5.54. The number of alkyl carbamates (subject to hydrolysis) is 1. The normalized spacial score (nSPS) is 11.9. The van der Waals surface area contributed by atoms with Gasteiger partial charge in [-0.3, -0.25) is 4.79 Å². The number of rotatable bonds is 10. The van der Waals surface area contributed by atoms with Gasteiger partial charge in [0.1, 0.15) is 11.6 Å². The van der Waals surface area contributed by atoms with Crippen molar-refractivity contribution in [1.29, 1.82) is 0 Å². The number of nitrogens with one attached hydrogen (secondary N) is 1. The molecule has 2 amide bonds. The molecule has 0 saturated heterocycles. The molecule has 0 fully saturated rings. The summed E-state index contributed by atoms with van der Waals surface area (Å²) in [5, 5.41) is 5.19. The summed E-state index contributed by atoms with van der Waals surface area (Å²) in [4.78, 5) is 46.3. The van der Waals surface area contributed by atoms with E-state index < -0.39 is 36.3 Å². The van der Waals surface area contributed by atoms with Crippen molar-refractivity contribution >= 4 is 46.0 Å². The van der Waals surface area contributed by atoms with Crippen LogP contribution in [0.2, 0.25) is 0 Å². The second-order valence-electron chi connectivity index (χ2n) is 11.6. The van der Waals surface area contributed by atoms with E-state index in [0.29, 0.717) is 0 Å². The van der Waals surface area contributed by atoms with Gasteiger partial charge in [-0.2, -0.15) is 0 Å². The van der Waals surface area contributed by atoms with Crippen LogP contribution < -0.4 is 21.2 Å². The summed E-state index contributed by atoms with van der Waals surface area (Å²) >= 11 is 0. The van der Waals surface area contributed by atoms with E-state index in [2.05, 4.69) is 10.2 Å². The van der Waals surface area contributed by atoms with Crippen LogP contribution in [0.4, 0.5) is 4.79 Å². The van der Waals surface area contributed by atoms with E-state index in [-0.39, 0.29) is 18.5 Å². The number of amides is 2. The zero-order valence-corrected chi connectivity index (χ0v) is 26.9. The number of Topliss-reactive ketones (excluding diaryl/α,β-unsaturated/α-hetero) is 1. The first-order chi connectivity index (χ1) is 21.6. The zero-order valence-electron chi connectivity index (χ0n) is 26.0. The van der Waals surface area contributed by atoms with Crippen LogP contribution >= 0.6 is 6.89 Å². The number of ether oxygens (including phenoxy) is 1. The predicted molar refractivity (Wildman–Crippen MR) is 182 cm³/mol. The average Bonchev–Trinajstić information content (AvgIpc) is 3.03. The van der Waals surface area contributed by atoms with Gasteiger partial charge in [-0.1, -0.05) is 121 Å². The first-order valence-corrected chi connectivity index (χ1v) is 16.5. The lowest BCUT2D eigenvalue weighted by Crippen LogP contribution is -2.49. The molecule has 0 heterocycles. The van der Waals surface area contributed by atoms with Gasteiger partial charge < -0.3 is 19.7 Å². The van der Waals surface area contributed by atoms with Crippen LogP contribution in [-0.4, -0.2) is 46.3 Å². The van der Waals surface area contributed by atoms with Crippen molar-refractivity contribution in [3.63, 3.8) is 0 Å². The minimum atomic E-state index is -2.97. The summed E-state index contributed by atoms with van der Waals surface area (Å²) < 4.78 is 5.36. The van der Waals surface area contributed by atoms with E-state index in [0.717, 1.165) is 21.5 Å². The second kappa shape index (κ2) is 14.7. The van der Waals surface area contributed by atoms with Crippen molar-refractivity contribution in [2.75, 3.05) is 6.54 Å². The summed E-state index contributed by atoms with van der Waals surface area (Å²) in [5.74, 6) is -0.922. The molecule has 8 heteroatoms. The molecule has 0 saturated carbocycles. The zero-order chi connectivity index (χ0) is 32.5. The molecule has 1 atom stereocenters. The standard InChI is InChI=1S/C37H38N3O4P/c1-28(39-36(43)44-37(2,3)4)35(42)40(26-29-18-10-6-11-19-29)27-33(41)34(38-5)45(30-20-12-7-13-21-30,31-22-14-8-15-23-31)32-24-16-9-17-25-32/h6-25,28H,26-27H2,1-4H3,(H,39,43). The topological polar surface area (TPSA) is 80.1 Å². The Hall–Kier alpha value is -4.92. The monoisotopic (exact) mass is 619 g/mol. The Kier molecular flexibility index (Phi) is 10.8. The second-order valence-corrected chi connectivity index (χ2v) is 14.9. The summed E-state index contributed by atoms with van der Waals surface area (Å²) in [6, 6.07) is 37.3. The van der Waals surface area contributed by atoms with Gasteiger partial charge in [0.05, 0.1) is 13.1 Å². The maximum absolute atomic E-state index is 14.5. The molecule has 230 valence electrons. The molecule has 45 heavy (non-hydrogen) atoms. The molecule has 4 aromatic rings. The van der Waals surface area contributed by atoms with Crippen molar-refractivity contribution < 1.29 is 19.1 Å². The molecule has 0 aliphatic heterocycles. The van der Waals surface area contributed by atoms with Gasteiger partial charge in [-0.15, -0.1) is 0 Å². The molecule has 7 nitrogen and oxygen atoms in total. The van der Waals surface area contributed by atoms with Gasteiger partial charge in [0.2, 0.25) is 11.3 Å². The highest BCUT2D eigenvalue weighted by molar-refractivity contribution is 7.96. The fourth-order valence-corrected chi connectivity index (χ4v) is 9.25. The molecule has 0 aromatic heterocycles. The third-order valence-electron chi connectivity index (χ3n) is 7.07. The Morgan fingerprint density at radius 2 is 1.20 bits per heavy atom. The molecule has 0 spiro atoms. The summed E-state index contributed by atoms with van der Waals surface area (Å²) in [6.45, 7) is 12.0. The van der Waals surface area contributed by atoms with E-state index >= 15 is 0 Å². The van der Waals surface area contributed by atoms with Crippen LogP contribution in [-0.2, 0) is 20.9 Å². The SMILES string of the molecule is [C-]#[N+]C(C(=O)CN(Cc1ccccc1)C(=O)C(C)NC(=O)OC(C)(C)C)=P(c1ccccc1)(c1ccccc1)c1ccccc1. The van der Waals surface area contributed by atoms with Crippen LogP contribution in [0.15, 0.2) is 121 Å². The Morgan fingerprint density at radius 1 is 0.778 bits per heavy atom. The van der Waals surface area contributed by atoms with Crippen molar-refractivity contribution in [2.45, 2.75) is 45.9 Å². The molecule has 0 radical (unpaired) electrons. The summed E-state index contributed by atoms with van der Waals surface area (Å²) in [6.07, 6.45) is -0.732. The van der Waals surface area contributed by atoms with E-state index in [1.807, 2.05) is 121 Å². The first-order valence-electron chi connectivity index (χ1n) is 14.7. The number of ketones is 1. The highest BCUT2D eigenvalue weighted by atomic mass is 31.2. The van der Waals surface area contributed by atoms with Crippen LogP contribution in [0.25, 0.3) is 4.85 Å². The number of hydrogen-bond acceptors (Lipinski definition) is 4. The Bertz CT molecular complexity index is 1610. The van der Waals surface area contributed by atoms with Crippen molar-refractivity contribution in [1.82, 2.24) is 10.2 Å². The molecule has 1 unspecified atom stereocenters. The summed E-state index contributed by atoms with van der Waals surface area (Å²) in [5.41, 5.74) is 0.137. The van der Waals surface area contributed by atoms with E-state index in [1.54, 1.807) is 27.7 Å². The third-order valence-corrected chi connectivity index (χ3v) is 11.3. The quantitative estimate of drug-likeness (QED) is 0.187. The van der Waals surface area contributed by atoms with Crippen molar-refractivity contribution in [3.8, 4) is 0 Å². The summed E-state index contributed by atoms with van der Waals surface area (Å²) in [7, 11) is 0. The van der Waals surface area contributed by atoms with E-state index in [9.17, 15) is 14.4 Å². The van der Waals surface area contributed by atoms with Gasteiger partial charge in [-0.05, 0) is 56.1 Å². The lowest BCUT2D eigenvalue weighted by atomic mass is 10.1. The highest BCUT2D eigenvalue weighted by Crippen LogP contribution is 2.46. The molecule has 4 aromatic carbocycles. The van der Waals surface area contributed by atoms with Gasteiger partial charge in [-0.25, -0.2) is 9.64 Å². The third kappa shape index (κ3) is 7.98. The Labute approximate surface area is 265 Å². The average molecular weight is 620 g/mol. The molecule has 4 rings (SSSR count). The minimum absolute atomic E-state index is 0.0738. The van der Waals surface area contributed by atoms with E-state index in [1.165, 1.54) is 4.90 Å². The van der Waals surface area contributed by atoms with Crippen LogP contribution in [0, 0.1) is 6.57 Å². The van der Waals surface area contributed by atoms with Gasteiger partial charge in [0.15, 0.2) is 5.78 Å². The largest absolute Gasteiger partial charge is 0.444 e. The van der Waals surface area contributed by atoms with Gasteiger partial charge in [0, 0.05) is 6.54 Å². The van der Waals surface area contributed by atoms with Crippen LogP contribution in [0.3, 0.4) is 0 Å². The number of nitrogens with zero attached hydrogens (tertiary/aromatic N) is 2. The smallest absolute Gasteiger partial charge is 0.408 e. The fraction of sp³-hybridized carbons (Fsp3) is 0.216. The fourth-order valence-electron chi connectivity index (χ4n) is 5.17. The lowest BCUT2D eigenvalue weighted by molar-refractivity contribution is -0.136. The van der Waals surface area contributed by atoms with Crippen LogP contribution in [0.5, 0.6) is 0 Å². The number of benzene rings is 4. The molecule has 1 N–H and O–H groups in total. The first kappa shape index (κ1) is 33.0. The number of carbonyl (C=O) groups excluding carboxylic acids is 3.